The largest absolute Gasteiger partial charge is 0.508 e. The number of aromatic amines is 2. The summed E-state index contributed by atoms with van der Waals surface area (Å²) < 4.78 is 0. The van der Waals surface area contributed by atoms with E-state index in [4.69, 9.17) is 5.73 Å². The summed E-state index contributed by atoms with van der Waals surface area (Å²) in [6, 6.07) is 9.96. The van der Waals surface area contributed by atoms with Crippen molar-refractivity contribution >= 4 is 34.6 Å². The van der Waals surface area contributed by atoms with Gasteiger partial charge >= 0.3 is 5.97 Å². The van der Waals surface area contributed by atoms with E-state index in [0.29, 0.717) is 11.3 Å². The van der Waals surface area contributed by atoms with Crippen molar-refractivity contribution in [1.29, 1.82) is 0 Å². The smallest absolute Gasteiger partial charge is 0.326 e. The Bertz CT molecular complexity index is 1500. The lowest BCUT2D eigenvalue weighted by atomic mass is 10.0. The zero-order valence-electron chi connectivity index (χ0n) is 22.0. The fraction of sp³-hybridized carbons (Fsp3) is 0.250. The minimum Gasteiger partial charge on any atom is -0.508 e. The predicted molar refractivity (Wildman–Crippen MR) is 149 cm³/mol. The van der Waals surface area contributed by atoms with Gasteiger partial charge in [0, 0.05) is 48.3 Å². The lowest BCUT2D eigenvalue weighted by molar-refractivity contribution is -0.142. The Kier molecular flexibility index (Phi) is 9.32. The number of nitrogens with two attached hydrogens (primary N) is 1. The van der Waals surface area contributed by atoms with Gasteiger partial charge in [0.15, 0.2) is 0 Å². The number of H-pyrrole nitrogens is 2. The van der Waals surface area contributed by atoms with Crippen LogP contribution >= 0.6 is 0 Å². The average Bonchev–Trinajstić information content (AvgIpc) is 3.63. The zero-order chi connectivity index (χ0) is 29.4. The van der Waals surface area contributed by atoms with Crippen LogP contribution in [0.4, 0.5) is 0 Å². The number of nitrogens with one attached hydrogen (secondary N) is 5. The summed E-state index contributed by atoms with van der Waals surface area (Å²) >= 11 is 0. The molecule has 13 nitrogen and oxygen atoms in total. The molecule has 0 aliphatic rings. The second-order valence-electron chi connectivity index (χ2n) is 9.50. The molecule has 2 aromatic heterocycles. The molecule has 3 amide bonds. The Morgan fingerprint density at radius 3 is 2.20 bits per heavy atom. The molecular formula is C28H31N7O6. The third-order valence-corrected chi connectivity index (χ3v) is 6.54. The molecule has 0 fully saturated rings. The summed E-state index contributed by atoms with van der Waals surface area (Å²) in [7, 11) is 0. The van der Waals surface area contributed by atoms with E-state index in [2.05, 4.69) is 30.9 Å². The second kappa shape index (κ2) is 13.3. The Labute approximate surface area is 234 Å². The highest BCUT2D eigenvalue weighted by Crippen LogP contribution is 2.20. The number of aromatic nitrogens is 3. The predicted octanol–water partition coefficient (Wildman–Crippen LogP) is 0.122. The number of imidazole rings is 1. The lowest BCUT2D eigenvalue weighted by Crippen LogP contribution is -2.57. The van der Waals surface area contributed by atoms with Gasteiger partial charge in [-0.2, -0.15) is 0 Å². The Balaban J connectivity index is 1.59. The van der Waals surface area contributed by atoms with Crippen molar-refractivity contribution in [3.8, 4) is 5.75 Å². The maximum absolute atomic E-state index is 13.5. The Morgan fingerprint density at radius 2 is 1.54 bits per heavy atom. The fourth-order valence-corrected chi connectivity index (χ4v) is 4.42. The van der Waals surface area contributed by atoms with Gasteiger partial charge in [-0.25, -0.2) is 9.78 Å². The number of nitrogens with zero attached hydrogens (tertiary/aromatic N) is 1. The van der Waals surface area contributed by atoms with Crippen LogP contribution in [0.1, 0.15) is 16.8 Å². The number of rotatable bonds is 13. The van der Waals surface area contributed by atoms with Crippen molar-refractivity contribution in [2.45, 2.75) is 37.4 Å². The number of aromatic hydroxyl groups is 1. The van der Waals surface area contributed by atoms with Gasteiger partial charge in [0.25, 0.3) is 0 Å². The van der Waals surface area contributed by atoms with E-state index in [1.807, 2.05) is 24.3 Å². The molecule has 0 aliphatic heterocycles. The van der Waals surface area contributed by atoms with Crippen LogP contribution in [0.3, 0.4) is 0 Å². The summed E-state index contributed by atoms with van der Waals surface area (Å²) in [5.74, 6) is -3.18. The van der Waals surface area contributed by atoms with Crippen LogP contribution in [0.25, 0.3) is 10.9 Å². The molecule has 0 radical (unpaired) electrons. The number of carboxylic acids is 1. The molecule has 9 N–H and O–H groups in total. The van der Waals surface area contributed by atoms with Crippen molar-refractivity contribution < 1.29 is 29.4 Å². The van der Waals surface area contributed by atoms with Gasteiger partial charge in [0.1, 0.15) is 23.9 Å². The highest BCUT2D eigenvalue weighted by Gasteiger charge is 2.30. The van der Waals surface area contributed by atoms with Crippen LogP contribution in [-0.4, -0.2) is 73.5 Å². The molecule has 0 aliphatic carbocycles. The van der Waals surface area contributed by atoms with E-state index in [1.165, 1.54) is 24.7 Å². The van der Waals surface area contributed by atoms with Crippen molar-refractivity contribution in [3.63, 3.8) is 0 Å². The molecule has 13 heteroatoms. The van der Waals surface area contributed by atoms with Crippen LogP contribution in [0.15, 0.2) is 67.3 Å². The second-order valence-corrected chi connectivity index (χ2v) is 9.50. The number of phenols is 1. The number of phenolic OH excluding ortho intramolecular Hbond substituents is 1. The van der Waals surface area contributed by atoms with E-state index >= 15 is 0 Å². The first-order chi connectivity index (χ1) is 19.7. The molecule has 3 unspecified atom stereocenters. The zero-order valence-corrected chi connectivity index (χ0v) is 22.0. The van der Waals surface area contributed by atoms with Gasteiger partial charge in [-0.1, -0.05) is 30.3 Å². The fourth-order valence-electron chi connectivity index (χ4n) is 4.42. The topological polar surface area (TPSA) is 215 Å². The van der Waals surface area contributed by atoms with Gasteiger partial charge in [-0.15, -0.1) is 0 Å². The van der Waals surface area contributed by atoms with Crippen LogP contribution < -0.4 is 21.7 Å². The third-order valence-electron chi connectivity index (χ3n) is 6.54. The van der Waals surface area contributed by atoms with E-state index in [-0.39, 0.29) is 31.6 Å². The number of carbonyl (C=O) groups is 4. The van der Waals surface area contributed by atoms with Crippen molar-refractivity contribution in [2.75, 3.05) is 6.54 Å². The molecule has 0 saturated heterocycles. The Morgan fingerprint density at radius 1 is 0.854 bits per heavy atom. The summed E-state index contributed by atoms with van der Waals surface area (Å²) in [5.41, 5.74) is 8.16. The highest BCUT2D eigenvalue weighted by molar-refractivity contribution is 5.94. The van der Waals surface area contributed by atoms with Gasteiger partial charge in [0.2, 0.25) is 17.7 Å². The molecular weight excluding hydrogens is 530 g/mol. The number of para-hydroxylation sites is 1. The number of carbonyl (C=O) groups excluding carboxylic acids is 3. The number of aliphatic carboxylic acids is 1. The van der Waals surface area contributed by atoms with Crippen LogP contribution in [0, 0.1) is 0 Å². The molecule has 0 spiro atoms. The normalized spacial score (nSPS) is 13.2. The summed E-state index contributed by atoms with van der Waals surface area (Å²) in [6.07, 6.45) is 4.62. The highest BCUT2D eigenvalue weighted by atomic mass is 16.4. The minimum atomic E-state index is -1.30. The van der Waals surface area contributed by atoms with Crippen LogP contribution in [-0.2, 0) is 38.4 Å². The Hall–Kier alpha value is -5.17. The molecule has 2 heterocycles. The van der Waals surface area contributed by atoms with Crippen LogP contribution in [0.5, 0.6) is 5.75 Å². The van der Waals surface area contributed by atoms with Gasteiger partial charge in [-0.05, 0) is 29.3 Å². The first-order valence-electron chi connectivity index (χ1n) is 12.9. The maximum atomic E-state index is 13.5. The van der Waals surface area contributed by atoms with Gasteiger partial charge in [-0.3, -0.25) is 14.4 Å². The molecule has 2 aromatic carbocycles. The maximum Gasteiger partial charge on any atom is 0.326 e. The number of benzene rings is 2. The SMILES string of the molecule is NCC(=O)NC(Cc1ccc(O)cc1)C(=O)NC(Cc1c[nH]c2ccccc12)C(=O)NC(Cc1cnc[nH]1)C(=O)O. The van der Waals surface area contributed by atoms with Crippen molar-refractivity contribution in [1.82, 2.24) is 30.9 Å². The van der Waals surface area contributed by atoms with E-state index in [1.54, 1.807) is 18.3 Å². The molecule has 4 aromatic rings. The quantitative estimate of drug-likeness (QED) is 0.112. The number of carboxylic acid groups (broad SMARTS) is 1. The number of amides is 3. The number of hydrogen-bond donors (Lipinski definition) is 8. The van der Waals surface area contributed by atoms with E-state index < -0.39 is 41.8 Å². The number of hydrogen-bond acceptors (Lipinski definition) is 7. The first kappa shape index (κ1) is 28.8. The van der Waals surface area contributed by atoms with Crippen molar-refractivity contribution in [2.24, 2.45) is 5.73 Å². The van der Waals surface area contributed by atoms with E-state index in [9.17, 15) is 29.4 Å². The third kappa shape index (κ3) is 7.70. The summed E-state index contributed by atoms with van der Waals surface area (Å²) in [6.45, 7) is -0.355. The monoisotopic (exact) mass is 561 g/mol. The van der Waals surface area contributed by atoms with Gasteiger partial charge in [0.05, 0.1) is 12.9 Å². The molecule has 4 rings (SSSR count). The van der Waals surface area contributed by atoms with Crippen molar-refractivity contribution in [3.05, 3.63) is 84.1 Å². The molecule has 214 valence electrons. The first-order valence-corrected chi connectivity index (χ1v) is 12.9. The van der Waals surface area contributed by atoms with E-state index in [0.717, 1.165) is 16.5 Å². The summed E-state index contributed by atoms with van der Waals surface area (Å²) in [4.78, 5) is 61.0. The van der Waals surface area contributed by atoms with Gasteiger partial charge < -0.3 is 41.9 Å². The minimum absolute atomic E-state index is 0.0365. The number of fused-ring (bicyclic) bond motifs is 1. The standard InChI is InChI=1S/C28H31N7O6/c29-12-25(37)33-22(9-16-5-7-19(36)8-6-16)26(38)34-23(10-17-13-31-21-4-2-1-3-20(17)21)27(39)35-24(28(40)41)11-18-14-30-15-32-18/h1-8,13-15,22-24,31,36H,9-12,29H2,(H,30,32)(H,33,37)(H,34,38)(H,35,39)(H,40,41). The molecule has 41 heavy (non-hydrogen) atoms. The molecule has 0 saturated carbocycles. The molecule has 0 bridgehead atoms. The lowest BCUT2D eigenvalue weighted by Gasteiger charge is -2.24. The average molecular weight is 562 g/mol. The summed E-state index contributed by atoms with van der Waals surface area (Å²) in [5, 5.41) is 28.0. The molecule has 3 atom stereocenters. The van der Waals surface area contributed by atoms with Crippen LogP contribution in [0.2, 0.25) is 0 Å².